The first-order valence-corrected chi connectivity index (χ1v) is 14.1. The number of hydrogen-bond acceptors (Lipinski definition) is 7. The fourth-order valence-electron chi connectivity index (χ4n) is 5.06. The summed E-state index contributed by atoms with van der Waals surface area (Å²) in [4.78, 5) is 21.3. The Morgan fingerprint density at radius 1 is 1.08 bits per heavy atom. The largest absolute Gasteiger partial charge is 0.496 e. The van der Waals surface area contributed by atoms with Gasteiger partial charge in [0.05, 0.1) is 18.0 Å². The molecule has 2 aliphatic heterocycles. The summed E-state index contributed by atoms with van der Waals surface area (Å²) < 4.78 is 46.6. The highest BCUT2D eigenvalue weighted by Crippen LogP contribution is 2.36. The lowest BCUT2D eigenvalue weighted by molar-refractivity contribution is -0.122. The first kappa shape index (κ1) is 24.7. The van der Waals surface area contributed by atoms with Crippen molar-refractivity contribution in [3.05, 3.63) is 65.4 Å². The SMILES string of the molecule is COc1cc(F)ccc1C1CCN([C@H]2CCN(c3ccc(S(=O)(=O)Nc4nccs4)cc3)C2=O)CC1. The average molecular weight is 531 g/mol. The van der Waals surface area contributed by atoms with E-state index in [4.69, 9.17) is 4.74 Å². The number of rotatable bonds is 7. The van der Waals surface area contributed by atoms with Crippen LogP contribution in [0.4, 0.5) is 15.2 Å². The minimum atomic E-state index is -3.74. The second-order valence-electron chi connectivity index (χ2n) is 8.93. The zero-order valence-corrected chi connectivity index (χ0v) is 21.4. The molecule has 2 aromatic carbocycles. The molecule has 190 valence electrons. The first-order chi connectivity index (χ1) is 17.4. The highest BCUT2D eigenvalue weighted by molar-refractivity contribution is 7.93. The predicted molar refractivity (Wildman–Crippen MR) is 137 cm³/mol. The number of halogens is 1. The van der Waals surface area contributed by atoms with E-state index < -0.39 is 10.0 Å². The molecule has 5 rings (SSSR count). The molecule has 2 aliphatic rings. The molecule has 36 heavy (non-hydrogen) atoms. The van der Waals surface area contributed by atoms with Crippen LogP contribution in [0.25, 0.3) is 0 Å². The normalized spacial score (nSPS) is 19.6. The molecule has 2 fully saturated rings. The fourth-order valence-corrected chi connectivity index (χ4v) is 6.85. The molecule has 3 heterocycles. The molecule has 11 heteroatoms. The number of ether oxygens (including phenoxy) is 1. The lowest BCUT2D eigenvalue weighted by Crippen LogP contribution is -2.45. The van der Waals surface area contributed by atoms with E-state index in [9.17, 15) is 17.6 Å². The Kier molecular flexibility index (Phi) is 6.96. The van der Waals surface area contributed by atoms with Gasteiger partial charge in [0.25, 0.3) is 10.0 Å². The summed E-state index contributed by atoms with van der Waals surface area (Å²) in [5.74, 6) is 0.552. The summed E-state index contributed by atoms with van der Waals surface area (Å²) in [5.41, 5.74) is 1.69. The van der Waals surface area contributed by atoms with E-state index in [1.807, 2.05) is 0 Å². The molecule has 0 unspecified atom stereocenters. The standard InChI is InChI=1S/C25H27FN4O4S2/c1-34-23-16-18(26)2-7-21(23)17-8-12-29(13-9-17)22-10-14-30(24(22)31)19-3-5-20(6-4-19)36(32,33)28-25-27-11-15-35-25/h2-7,11,15-17,22H,8-10,12-14H2,1H3,(H,27,28)/t22-/m0/s1. The quantitative estimate of drug-likeness (QED) is 0.495. The number of methoxy groups -OCH3 is 1. The number of anilines is 2. The Hall–Kier alpha value is -3.02. The molecule has 1 aromatic heterocycles. The van der Waals surface area contributed by atoms with Crippen LogP contribution in [-0.4, -0.2) is 57.0 Å². The van der Waals surface area contributed by atoms with Gasteiger partial charge in [-0.25, -0.2) is 17.8 Å². The number of nitrogens with one attached hydrogen (secondary N) is 1. The summed E-state index contributed by atoms with van der Waals surface area (Å²) in [6.07, 6.45) is 3.98. The molecule has 3 aromatic rings. The Bertz CT molecular complexity index is 1320. The van der Waals surface area contributed by atoms with Crippen molar-refractivity contribution < 1.29 is 22.3 Å². The minimum Gasteiger partial charge on any atom is -0.496 e. The van der Waals surface area contributed by atoms with Gasteiger partial charge in [-0.05, 0) is 74.2 Å². The van der Waals surface area contributed by atoms with Gasteiger partial charge in [0.2, 0.25) is 5.91 Å². The van der Waals surface area contributed by atoms with Gasteiger partial charge in [-0.1, -0.05) is 6.07 Å². The Balaban J connectivity index is 1.21. The van der Waals surface area contributed by atoms with Crippen LogP contribution in [-0.2, 0) is 14.8 Å². The number of aromatic nitrogens is 1. The van der Waals surface area contributed by atoms with Gasteiger partial charge in [-0.2, -0.15) is 0 Å². The third-order valence-electron chi connectivity index (χ3n) is 6.90. The number of benzene rings is 2. The van der Waals surface area contributed by atoms with Crippen LogP contribution in [0.3, 0.4) is 0 Å². The number of nitrogens with zero attached hydrogens (tertiary/aromatic N) is 3. The maximum atomic E-state index is 13.6. The topological polar surface area (TPSA) is 91.8 Å². The van der Waals surface area contributed by atoms with E-state index in [0.29, 0.717) is 23.1 Å². The predicted octanol–water partition coefficient (Wildman–Crippen LogP) is 4.08. The molecule has 0 spiro atoms. The van der Waals surface area contributed by atoms with Gasteiger partial charge in [0.1, 0.15) is 11.6 Å². The van der Waals surface area contributed by atoms with Gasteiger partial charge in [-0.3, -0.25) is 14.4 Å². The highest BCUT2D eigenvalue weighted by Gasteiger charge is 2.38. The third kappa shape index (κ3) is 4.95. The number of amides is 1. The van der Waals surface area contributed by atoms with Crippen LogP contribution in [0, 0.1) is 5.82 Å². The Morgan fingerprint density at radius 3 is 2.50 bits per heavy atom. The van der Waals surface area contributed by atoms with Gasteiger partial charge in [-0.15, -0.1) is 11.3 Å². The number of carbonyl (C=O) groups is 1. The smallest absolute Gasteiger partial charge is 0.263 e. The van der Waals surface area contributed by atoms with E-state index in [0.717, 1.165) is 37.9 Å². The van der Waals surface area contributed by atoms with Crippen molar-refractivity contribution in [2.75, 3.05) is 36.4 Å². The highest BCUT2D eigenvalue weighted by atomic mass is 32.2. The molecular formula is C25H27FN4O4S2. The van der Waals surface area contributed by atoms with E-state index in [2.05, 4.69) is 14.6 Å². The summed E-state index contributed by atoms with van der Waals surface area (Å²) in [7, 11) is -2.19. The van der Waals surface area contributed by atoms with Crippen molar-refractivity contribution in [3.63, 3.8) is 0 Å². The minimum absolute atomic E-state index is 0.0318. The number of likely N-dealkylation sites (tertiary alicyclic amines) is 1. The Labute approximate surface area is 213 Å². The molecule has 8 nitrogen and oxygen atoms in total. The number of hydrogen-bond donors (Lipinski definition) is 1. The van der Waals surface area contributed by atoms with Crippen molar-refractivity contribution in [1.29, 1.82) is 0 Å². The third-order valence-corrected chi connectivity index (χ3v) is 9.07. The summed E-state index contributed by atoms with van der Waals surface area (Å²) in [6.45, 7) is 2.13. The van der Waals surface area contributed by atoms with E-state index in [-0.39, 0.29) is 28.6 Å². The number of carbonyl (C=O) groups excluding carboxylic acids is 1. The zero-order valence-electron chi connectivity index (χ0n) is 19.8. The molecule has 0 bridgehead atoms. The van der Waals surface area contributed by atoms with Crippen LogP contribution < -0.4 is 14.4 Å². The van der Waals surface area contributed by atoms with Crippen molar-refractivity contribution >= 4 is 38.1 Å². The zero-order chi connectivity index (χ0) is 25.3. The van der Waals surface area contributed by atoms with Gasteiger partial charge in [0, 0.05) is 29.9 Å². The molecule has 0 aliphatic carbocycles. The molecule has 0 radical (unpaired) electrons. The first-order valence-electron chi connectivity index (χ1n) is 11.8. The van der Waals surface area contributed by atoms with E-state index in [1.165, 1.54) is 41.8 Å². The second-order valence-corrected chi connectivity index (χ2v) is 11.5. The number of piperidine rings is 1. The maximum Gasteiger partial charge on any atom is 0.263 e. The van der Waals surface area contributed by atoms with Gasteiger partial charge < -0.3 is 9.64 Å². The molecule has 0 saturated carbocycles. The number of sulfonamides is 1. The molecular weight excluding hydrogens is 503 g/mol. The fraction of sp³-hybridized carbons (Fsp3) is 0.360. The van der Waals surface area contributed by atoms with Crippen molar-refractivity contribution in [2.24, 2.45) is 0 Å². The van der Waals surface area contributed by atoms with Crippen LogP contribution in [0.2, 0.25) is 0 Å². The second kappa shape index (κ2) is 10.2. The summed E-state index contributed by atoms with van der Waals surface area (Å²) >= 11 is 1.20. The lowest BCUT2D eigenvalue weighted by atomic mass is 9.88. The van der Waals surface area contributed by atoms with Crippen LogP contribution in [0.15, 0.2) is 58.9 Å². The van der Waals surface area contributed by atoms with Crippen LogP contribution in [0.1, 0.15) is 30.7 Å². The maximum absolute atomic E-state index is 13.6. The van der Waals surface area contributed by atoms with Crippen LogP contribution in [0.5, 0.6) is 5.75 Å². The van der Waals surface area contributed by atoms with Crippen molar-refractivity contribution in [3.8, 4) is 5.75 Å². The summed E-state index contributed by atoms with van der Waals surface area (Å²) in [5, 5.41) is 2.00. The molecule has 1 atom stereocenters. The lowest BCUT2D eigenvalue weighted by Gasteiger charge is -2.35. The molecule has 2 saturated heterocycles. The van der Waals surface area contributed by atoms with E-state index in [1.54, 1.807) is 35.6 Å². The van der Waals surface area contributed by atoms with Gasteiger partial charge in [0.15, 0.2) is 5.13 Å². The Morgan fingerprint density at radius 2 is 1.83 bits per heavy atom. The van der Waals surface area contributed by atoms with Crippen LogP contribution >= 0.6 is 11.3 Å². The van der Waals surface area contributed by atoms with Crippen molar-refractivity contribution in [1.82, 2.24) is 9.88 Å². The molecule has 1 amide bonds. The number of thiazole rings is 1. The van der Waals surface area contributed by atoms with E-state index >= 15 is 0 Å². The summed E-state index contributed by atoms with van der Waals surface area (Å²) in [6, 6.07) is 10.8. The monoisotopic (exact) mass is 530 g/mol. The average Bonchev–Trinajstić information content (AvgIpc) is 3.53. The molecule has 1 N–H and O–H groups in total. The van der Waals surface area contributed by atoms with Crippen molar-refractivity contribution in [2.45, 2.75) is 36.1 Å². The van der Waals surface area contributed by atoms with Gasteiger partial charge >= 0.3 is 0 Å².